The highest BCUT2D eigenvalue weighted by Crippen LogP contribution is 2.10. The minimum atomic E-state index is -0.0539. The van der Waals surface area contributed by atoms with Gasteiger partial charge < -0.3 is 16.2 Å². The molecule has 0 fully saturated rings. The molecule has 1 unspecified atom stereocenters. The second kappa shape index (κ2) is 4.84. The first-order valence-corrected chi connectivity index (χ1v) is 4.40. The van der Waals surface area contributed by atoms with E-state index in [-0.39, 0.29) is 12.6 Å². The van der Waals surface area contributed by atoms with Crippen LogP contribution in [0.5, 0.6) is 0 Å². The van der Waals surface area contributed by atoms with Crippen LogP contribution in [0.4, 0.5) is 5.69 Å². The van der Waals surface area contributed by atoms with Crippen molar-refractivity contribution in [1.82, 2.24) is 0 Å². The Morgan fingerprint density at radius 1 is 1.54 bits per heavy atom. The van der Waals surface area contributed by atoms with E-state index in [2.05, 4.69) is 5.32 Å². The van der Waals surface area contributed by atoms with Crippen molar-refractivity contribution < 1.29 is 5.11 Å². The maximum Gasteiger partial charge on any atom is 0.0645 e. The lowest BCUT2D eigenvalue weighted by Gasteiger charge is -2.15. The molecule has 0 aliphatic rings. The Balaban J connectivity index is 2.62. The molecule has 72 valence electrons. The zero-order chi connectivity index (χ0) is 9.68. The number of aliphatic hydroxyl groups excluding tert-OH is 1. The summed E-state index contributed by atoms with van der Waals surface area (Å²) in [6.45, 7) is 2.52. The van der Waals surface area contributed by atoms with Crippen molar-refractivity contribution in [2.75, 3.05) is 18.5 Å². The van der Waals surface area contributed by atoms with E-state index < -0.39 is 0 Å². The van der Waals surface area contributed by atoms with E-state index in [9.17, 15) is 0 Å². The minimum absolute atomic E-state index is 0.0539. The summed E-state index contributed by atoms with van der Waals surface area (Å²) in [6.07, 6.45) is 0. The Bertz CT molecular complexity index is 259. The van der Waals surface area contributed by atoms with Gasteiger partial charge in [-0.1, -0.05) is 12.1 Å². The molecule has 0 spiro atoms. The summed E-state index contributed by atoms with van der Waals surface area (Å²) in [5.74, 6) is 0. The van der Waals surface area contributed by atoms with Crippen molar-refractivity contribution >= 4 is 5.69 Å². The van der Waals surface area contributed by atoms with E-state index in [1.54, 1.807) is 0 Å². The van der Waals surface area contributed by atoms with Gasteiger partial charge in [-0.05, 0) is 24.6 Å². The third-order valence-electron chi connectivity index (χ3n) is 1.89. The second-order valence-electron chi connectivity index (χ2n) is 3.13. The van der Waals surface area contributed by atoms with Crippen LogP contribution in [0.1, 0.15) is 5.56 Å². The summed E-state index contributed by atoms with van der Waals surface area (Å²) in [6, 6.07) is 7.94. The third-order valence-corrected chi connectivity index (χ3v) is 1.89. The molecule has 0 amide bonds. The molecule has 0 radical (unpaired) electrons. The highest BCUT2D eigenvalue weighted by molar-refractivity contribution is 5.46. The topological polar surface area (TPSA) is 58.3 Å². The average Bonchev–Trinajstić information content (AvgIpc) is 2.14. The molecule has 0 aliphatic heterocycles. The lowest BCUT2D eigenvalue weighted by molar-refractivity contribution is 0.276. The number of nitrogens with one attached hydrogen (secondary N) is 1. The average molecular weight is 180 g/mol. The van der Waals surface area contributed by atoms with Crippen LogP contribution in [0.2, 0.25) is 0 Å². The number of aryl methyl sites for hydroxylation is 1. The van der Waals surface area contributed by atoms with Crippen LogP contribution in [-0.2, 0) is 0 Å². The number of hydrogen-bond acceptors (Lipinski definition) is 3. The van der Waals surface area contributed by atoms with Gasteiger partial charge in [-0.3, -0.25) is 0 Å². The first-order chi connectivity index (χ1) is 6.26. The fourth-order valence-corrected chi connectivity index (χ4v) is 1.15. The van der Waals surface area contributed by atoms with Crippen LogP contribution in [0.25, 0.3) is 0 Å². The van der Waals surface area contributed by atoms with Gasteiger partial charge in [0, 0.05) is 12.2 Å². The van der Waals surface area contributed by atoms with Crippen LogP contribution in [0.15, 0.2) is 24.3 Å². The van der Waals surface area contributed by atoms with E-state index in [0.29, 0.717) is 6.54 Å². The Morgan fingerprint density at radius 2 is 2.31 bits per heavy atom. The number of aliphatic hydroxyl groups is 1. The number of benzene rings is 1. The predicted octanol–water partition coefficient (Wildman–Crippen LogP) is 0.727. The normalized spacial score (nSPS) is 12.5. The van der Waals surface area contributed by atoms with Crippen LogP contribution < -0.4 is 11.1 Å². The fourth-order valence-electron chi connectivity index (χ4n) is 1.15. The largest absolute Gasteiger partial charge is 0.394 e. The van der Waals surface area contributed by atoms with E-state index >= 15 is 0 Å². The molecule has 0 saturated carbocycles. The van der Waals surface area contributed by atoms with Crippen LogP contribution in [-0.4, -0.2) is 24.3 Å². The molecule has 3 heteroatoms. The van der Waals surface area contributed by atoms with Gasteiger partial charge >= 0.3 is 0 Å². The summed E-state index contributed by atoms with van der Waals surface area (Å²) in [5.41, 5.74) is 7.64. The van der Waals surface area contributed by atoms with Gasteiger partial charge in [0.25, 0.3) is 0 Å². The monoisotopic (exact) mass is 180 g/mol. The van der Waals surface area contributed by atoms with Crippen molar-refractivity contribution in [2.45, 2.75) is 13.0 Å². The summed E-state index contributed by atoms with van der Waals surface area (Å²) in [7, 11) is 0. The van der Waals surface area contributed by atoms with Crippen molar-refractivity contribution in [2.24, 2.45) is 5.73 Å². The molecular formula is C10H16N2O. The van der Waals surface area contributed by atoms with Gasteiger partial charge in [-0.25, -0.2) is 0 Å². The predicted molar refractivity (Wildman–Crippen MR) is 54.7 cm³/mol. The quantitative estimate of drug-likeness (QED) is 0.640. The van der Waals surface area contributed by atoms with Gasteiger partial charge in [0.15, 0.2) is 0 Å². The summed E-state index contributed by atoms with van der Waals surface area (Å²) in [5, 5.41) is 12.1. The Kier molecular flexibility index (Phi) is 3.73. The first kappa shape index (κ1) is 10.0. The summed E-state index contributed by atoms with van der Waals surface area (Å²) < 4.78 is 0. The van der Waals surface area contributed by atoms with Gasteiger partial charge in [0.1, 0.15) is 0 Å². The standard InChI is InChI=1S/C10H16N2O/c1-8-3-2-4-9(5-8)12-10(6-11)7-13/h2-5,10,12-13H,6-7,11H2,1H3. The van der Waals surface area contributed by atoms with Gasteiger partial charge in [-0.15, -0.1) is 0 Å². The molecule has 0 bridgehead atoms. The smallest absolute Gasteiger partial charge is 0.0645 e. The number of anilines is 1. The van der Waals surface area contributed by atoms with E-state index in [0.717, 1.165) is 5.69 Å². The van der Waals surface area contributed by atoms with Crippen molar-refractivity contribution in [3.8, 4) is 0 Å². The summed E-state index contributed by atoms with van der Waals surface area (Å²) >= 11 is 0. The minimum Gasteiger partial charge on any atom is -0.394 e. The zero-order valence-corrected chi connectivity index (χ0v) is 7.83. The number of hydrogen-bond donors (Lipinski definition) is 3. The summed E-state index contributed by atoms with van der Waals surface area (Å²) in [4.78, 5) is 0. The van der Waals surface area contributed by atoms with E-state index in [4.69, 9.17) is 10.8 Å². The highest BCUT2D eigenvalue weighted by atomic mass is 16.3. The first-order valence-electron chi connectivity index (χ1n) is 4.40. The molecule has 1 aromatic carbocycles. The second-order valence-corrected chi connectivity index (χ2v) is 3.13. The molecule has 3 nitrogen and oxygen atoms in total. The van der Waals surface area contributed by atoms with Gasteiger partial charge in [0.2, 0.25) is 0 Å². The molecular weight excluding hydrogens is 164 g/mol. The third kappa shape index (κ3) is 3.05. The molecule has 1 rings (SSSR count). The lowest BCUT2D eigenvalue weighted by Crippen LogP contribution is -2.32. The fraction of sp³-hybridized carbons (Fsp3) is 0.400. The van der Waals surface area contributed by atoms with Crippen molar-refractivity contribution in [3.63, 3.8) is 0 Å². The Hall–Kier alpha value is -1.06. The lowest BCUT2D eigenvalue weighted by atomic mass is 10.2. The SMILES string of the molecule is Cc1cccc(NC(CN)CO)c1. The molecule has 4 N–H and O–H groups in total. The van der Waals surface area contributed by atoms with Crippen molar-refractivity contribution in [1.29, 1.82) is 0 Å². The van der Waals surface area contributed by atoms with Crippen LogP contribution in [0.3, 0.4) is 0 Å². The maximum atomic E-state index is 8.91. The molecule has 0 aliphatic carbocycles. The number of rotatable bonds is 4. The van der Waals surface area contributed by atoms with Crippen molar-refractivity contribution in [3.05, 3.63) is 29.8 Å². The molecule has 0 aromatic heterocycles. The van der Waals surface area contributed by atoms with E-state index in [1.807, 2.05) is 31.2 Å². The zero-order valence-electron chi connectivity index (χ0n) is 7.83. The van der Waals surface area contributed by atoms with E-state index in [1.165, 1.54) is 5.56 Å². The Labute approximate surface area is 78.6 Å². The van der Waals surface area contributed by atoms with Gasteiger partial charge in [-0.2, -0.15) is 0 Å². The highest BCUT2D eigenvalue weighted by Gasteiger charge is 2.03. The van der Waals surface area contributed by atoms with Gasteiger partial charge in [0.05, 0.1) is 12.6 Å². The number of nitrogens with two attached hydrogens (primary N) is 1. The maximum absolute atomic E-state index is 8.91. The molecule has 1 atom stereocenters. The van der Waals surface area contributed by atoms with Crippen LogP contribution >= 0.6 is 0 Å². The molecule has 0 saturated heterocycles. The molecule has 13 heavy (non-hydrogen) atoms. The molecule has 0 heterocycles. The van der Waals surface area contributed by atoms with Crippen LogP contribution in [0, 0.1) is 6.92 Å². The molecule has 1 aromatic rings. The Morgan fingerprint density at radius 3 is 2.85 bits per heavy atom.